The number of benzene rings is 2. The number of amides is 1. The van der Waals surface area contributed by atoms with Crippen LogP contribution in [0.15, 0.2) is 53.6 Å². The van der Waals surface area contributed by atoms with Crippen LogP contribution in [-0.4, -0.2) is 30.0 Å². The minimum Gasteiger partial charge on any atom is -0.338 e. The zero-order valence-corrected chi connectivity index (χ0v) is 18.5. The van der Waals surface area contributed by atoms with Crippen LogP contribution in [0.1, 0.15) is 23.7 Å². The molecule has 0 aliphatic rings. The van der Waals surface area contributed by atoms with E-state index in [4.69, 9.17) is 23.2 Å². The normalized spacial score (nSPS) is 11.2. The maximum Gasteiger partial charge on any atom is 0.261 e. The zero-order valence-electron chi connectivity index (χ0n) is 16.2. The lowest BCUT2D eigenvalue weighted by atomic mass is 10.2. The molecule has 0 bridgehead atoms. The van der Waals surface area contributed by atoms with Crippen LogP contribution in [0, 0.1) is 5.82 Å². The summed E-state index contributed by atoms with van der Waals surface area (Å²) in [5.74, 6) is -1.58. The van der Waals surface area contributed by atoms with Crippen LogP contribution in [-0.2, 0) is 9.84 Å². The Balaban J connectivity index is 2.00. The second-order valence-electron chi connectivity index (χ2n) is 6.39. The van der Waals surface area contributed by atoms with E-state index in [0.29, 0.717) is 6.42 Å². The summed E-state index contributed by atoms with van der Waals surface area (Å²) in [7, 11) is -3.57. The van der Waals surface area contributed by atoms with Gasteiger partial charge < -0.3 is 10.6 Å². The van der Waals surface area contributed by atoms with Gasteiger partial charge >= 0.3 is 0 Å². The van der Waals surface area contributed by atoms with Gasteiger partial charge in [-0.3, -0.25) is 4.79 Å². The highest BCUT2D eigenvalue weighted by Gasteiger charge is 2.21. The number of sulfone groups is 1. The van der Waals surface area contributed by atoms with Crippen LogP contribution in [0.4, 0.5) is 21.6 Å². The molecule has 0 radical (unpaired) electrons. The Morgan fingerprint density at radius 1 is 1.13 bits per heavy atom. The first kappa shape index (κ1) is 22.9. The fraction of sp³-hybridized carbons (Fsp3) is 0.150. The standard InChI is InChI=1S/C20H17Cl2FN4O3S/c1-2-10-31(29,30)16-9-4-3-8-15(16)25-18-12(11-24-20(22)27-18)19(28)26-17-13(21)6-5-7-14(17)23/h3-9,11H,2,10H2,1H3,(H,26,28)(H,24,25,27). The summed E-state index contributed by atoms with van der Waals surface area (Å²) < 4.78 is 39.3. The zero-order chi connectivity index (χ0) is 22.6. The van der Waals surface area contributed by atoms with Crippen molar-refractivity contribution in [1.29, 1.82) is 0 Å². The third kappa shape index (κ3) is 5.30. The summed E-state index contributed by atoms with van der Waals surface area (Å²) in [5.41, 5.74) is -0.0870. The van der Waals surface area contributed by atoms with Crippen LogP contribution >= 0.6 is 23.2 Å². The molecular formula is C20H17Cl2FN4O3S. The number of carbonyl (C=O) groups is 1. The number of halogens is 3. The summed E-state index contributed by atoms with van der Waals surface area (Å²) in [4.78, 5) is 20.7. The van der Waals surface area contributed by atoms with E-state index >= 15 is 0 Å². The minimum absolute atomic E-state index is 0.00810. The maximum atomic E-state index is 14.1. The summed E-state index contributed by atoms with van der Waals surface area (Å²) in [6.07, 6.45) is 1.58. The molecule has 2 N–H and O–H groups in total. The number of para-hydroxylation sites is 2. The smallest absolute Gasteiger partial charge is 0.261 e. The predicted octanol–water partition coefficient (Wildman–Crippen LogP) is 5.10. The second kappa shape index (κ2) is 9.59. The topological polar surface area (TPSA) is 101 Å². The van der Waals surface area contributed by atoms with Crippen molar-refractivity contribution in [2.24, 2.45) is 0 Å². The van der Waals surface area contributed by atoms with Gasteiger partial charge in [-0.25, -0.2) is 17.8 Å². The van der Waals surface area contributed by atoms with Crippen LogP contribution in [0.2, 0.25) is 10.3 Å². The molecular weight excluding hydrogens is 466 g/mol. The van der Waals surface area contributed by atoms with E-state index in [1.54, 1.807) is 19.1 Å². The lowest BCUT2D eigenvalue weighted by molar-refractivity contribution is 0.102. The number of aromatic nitrogens is 2. The Bertz CT molecular complexity index is 1220. The molecule has 2 aromatic carbocycles. The van der Waals surface area contributed by atoms with E-state index in [-0.39, 0.29) is 43.7 Å². The molecule has 0 saturated heterocycles. The van der Waals surface area contributed by atoms with Gasteiger partial charge in [0.05, 0.1) is 27.0 Å². The third-order valence-electron chi connectivity index (χ3n) is 4.15. The van der Waals surface area contributed by atoms with Gasteiger partial charge in [0, 0.05) is 6.20 Å². The van der Waals surface area contributed by atoms with Crippen molar-refractivity contribution in [3.63, 3.8) is 0 Å². The van der Waals surface area contributed by atoms with Crippen molar-refractivity contribution in [2.45, 2.75) is 18.2 Å². The van der Waals surface area contributed by atoms with Gasteiger partial charge in [0.2, 0.25) is 5.28 Å². The lowest BCUT2D eigenvalue weighted by Crippen LogP contribution is -2.17. The molecule has 11 heteroatoms. The van der Waals surface area contributed by atoms with E-state index in [9.17, 15) is 17.6 Å². The molecule has 3 aromatic rings. The molecule has 0 spiro atoms. The fourth-order valence-electron chi connectivity index (χ4n) is 2.77. The largest absolute Gasteiger partial charge is 0.338 e. The number of nitrogens with zero attached hydrogens (tertiary/aromatic N) is 2. The number of hydrogen-bond donors (Lipinski definition) is 2. The summed E-state index contributed by atoms with van der Waals surface area (Å²) in [6.45, 7) is 1.76. The van der Waals surface area contributed by atoms with E-state index < -0.39 is 21.6 Å². The van der Waals surface area contributed by atoms with Crippen molar-refractivity contribution >= 4 is 56.1 Å². The summed E-state index contributed by atoms with van der Waals surface area (Å²) in [5, 5.41) is 5.06. The first-order valence-corrected chi connectivity index (χ1v) is 11.5. The minimum atomic E-state index is -3.57. The van der Waals surface area contributed by atoms with E-state index in [1.165, 1.54) is 24.3 Å². The number of carbonyl (C=O) groups excluding carboxylic acids is 1. The first-order valence-electron chi connectivity index (χ1n) is 9.09. The van der Waals surface area contributed by atoms with Crippen molar-refractivity contribution in [2.75, 3.05) is 16.4 Å². The Morgan fingerprint density at radius 2 is 1.87 bits per heavy atom. The van der Waals surface area contributed by atoms with E-state index in [2.05, 4.69) is 20.6 Å². The molecule has 31 heavy (non-hydrogen) atoms. The lowest BCUT2D eigenvalue weighted by Gasteiger charge is -2.15. The van der Waals surface area contributed by atoms with Crippen molar-refractivity contribution < 1.29 is 17.6 Å². The highest BCUT2D eigenvalue weighted by Crippen LogP contribution is 2.29. The molecule has 3 rings (SSSR count). The van der Waals surface area contributed by atoms with Gasteiger partial charge in [-0.05, 0) is 42.3 Å². The van der Waals surface area contributed by atoms with Gasteiger partial charge in [-0.1, -0.05) is 36.7 Å². The molecule has 1 amide bonds. The average Bonchev–Trinajstić information content (AvgIpc) is 2.71. The SMILES string of the molecule is CCCS(=O)(=O)c1ccccc1Nc1nc(Cl)ncc1C(=O)Nc1c(F)cccc1Cl. The van der Waals surface area contributed by atoms with Gasteiger partial charge in [-0.15, -0.1) is 0 Å². The molecule has 0 fully saturated rings. The van der Waals surface area contributed by atoms with Gasteiger partial charge in [0.15, 0.2) is 9.84 Å². The highest BCUT2D eigenvalue weighted by molar-refractivity contribution is 7.91. The number of rotatable bonds is 7. The average molecular weight is 483 g/mol. The van der Waals surface area contributed by atoms with Crippen LogP contribution in [0.5, 0.6) is 0 Å². The van der Waals surface area contributed by atoms with Gasteiger partial charge in [0.1, 0.15) is 17.2 Å². The van der Waals surface area contributed by atoms with Crippen LogP contribution < -0.4 is 10.6 Å². The molecule has 7 nitrogen and oxygen atoms in total. The van der Waals surface area contributed by atoms with Gasteiger partial charge in [-0.2, -0.15) is 4.98 Å². The molecule has 0 aliphatic heterocycles. The Morgan fingerprint density at radius 3 is 2.58 bits per heavy atom. The monoisotopic (exact) mass is 482 g/mol. The third-order valence-corrected chi connectivity index (χ3v) is 6.62. The Labute approximate surface area is 188 Å². The predicted molar refractivity (Wildman–Crippen MR) is 118 cm³/mol. The number of nitrogens with one attached hydrogen (secondary N) is 2. The first-order chi connectivity index (χ1) is 14.7. The molecule has 1 aromatic heterocycles. The molecule has 162 valence electrons. The van der Waals surface area contributed by atoms with Crippen LogP contribution in [0.3, 0.4) is 0 Å². The van der Waals surface area contributed by atoms with Crippen LogP contribution in [0.25, 0.3) is 0 Å². The molecule has 0 saturated carbocycles. The van der Waals surface area contributed by atoms with Gasteiger partial charge in [0.25, 0.3) is 5.91 Å². The van der Waals surface area contributed by atoms with Crippen molar-refractivity contribution in [1.82, 2.24) is 9.97 Å². The summed E-state index contributed by atoms with van der Waals surface area (Å²) in [6, 6.07) is 10.2. The number of anilines is 3. The van der Waals surface area contributed by atoms with E-state index in [0.717, 1.165) is 12.3 Å². The Kier molecular flexibility index (Phi) is 7.09. The summed E-state index contributed by atoms with van der Waals surface area (Å²) >= 11 is 11.9. The number of hydrogen-bond acceptors (Lipinski definition) is 6. The second-order valence-corrected chi connectivity index (χ2v) is 9.21. The fourth-order valence-corrected chi connectivity index (χ4v) is 4.61. The quantitative estimate of drug-likeness (QED) is 0.454. The highest BCUT2D eigenvalue weighted by atomic mass is 35.5. The molecule has 0 atom stereocenters. The maximum absolute atomic E-state index is 14.1. The molecule has 0 unspecified atom stereocenters. The molecule has 0 aliphatic carbocycles. The van der Waals surface area contributed by atoms with E-state index in [1.807, 2.05) is 0 Å². The van der Waals surface area contributed by atoms with Crippen molar-refractivity contribution in [3.8, 4) is 0 Å². The Hall–Kier alpha value is -2.75. The molecule has 1 heterocycles. The van der Waals surface area contributed by atoms with Crippen molar-refractivity contribution in [3.05, 3.63) is 70.3 Å².